The summed E-state index contributed by atoms with van der Waals surface area (Å²) in [6.07, 6.45) is -5.92. The van der Waals surface area contributed by atoms with Gasteiger partial charge in [-0.1, -0.05) is 36.4 Å². The van der Waals surface area contributed by atoms with Crippen molar-refractivity contribution in [2.24, 2.45) is 0 Å². The fourth-order valence-electron chi connectivity index (χ4n) is 2.32. The van der Waals surface area contributed by atoms with Gasteiger partial charge in [0.15, 0.2) is 11.2 Å². The number of nitrogens with zero attached hydrogens (tertiary/aromatic N) is 1. The molecular formula is C15H12F3NO3S. The zero-order valence-corrected chi connectivity index (χ0v) is 12.6. The monoisotopic (exact) mass is 343 g/mol. The third-order valence-corrected chi connectivity index (χ3v) is 4.57. The molecule has 23 heavy (non-hydrogen) atoms. The minimum absolute atomic E-state index is 0.0982. The van der Waals surface area contributed by atoms with Gasteiger partial charge in [-0.2, -0.15) is 13.2 Å². The molecule has 122 valence electrons. The lowest BCUT2D eigenvalue weighted by atomic mass is 9.79. The summed E-state index contributed by atoms with van der Waals surface area (Å²) in [5, 5.41) is 12.3. The third-order valence-electron chi connectivity index (χ3n) is 3.49. The molecule has 1 atom stereocenters. The first-order valence-electron chi connectivity index (χ1n) is 6.57. The molecule has 2 aromatic rings. The summed E-state index contributed by atoms with van der Waals surface area (Å²) in [6.45, 7) is -1.38. The maximum absolute atomic E-state index is 13.7. The largest absolute Gasteiger partial charge is 0.406 e. The van der Waals surface area contributed by atoms with E-state index in [1.807, 2.05) is 0 Å². The van der Waals surface area contributed by atoms with Gasteiger partial charge in [0.05, 0.1) is 0 Å². The van der Waals surface area contributed by atoms with E-state index in [2.05, 4.69) is 0 Å². The molecule has 1 aromatic heterocycles. The number of ketones is 1. The van der Waals surface area contributed by atoms with Crippen molar-refractivity contribution in [3.8, 4) is 0 Å². The first-order valence-corrected chi connectivity index (χ1v) is 7.45. The van der Waals surface area contributed by atoms with Gasteiger partial charge in [0, 0.05) is 21.8 Å². The molecule has 0 unspecified atom stereocenters. The molecule has 0 aliphatic heterocycles. The zero-order valence-electron chi connectivity index (χ0n) is 11.7. The molecule has 0 radical (unpaired) electrons. The standard InChI is InChI=1S/C15H12F3NO3S/c16-15(17,18)14(10-19(21)22,13-7-4-8-23-13)9-12(20)11-5-2-1-3-6-11/h1-8H,9-10H2/t14-/m1/s1. The van der Waals surface area contributed by atoms with E-state index < -0.39 is 35.3 Å². The van der Waals surface area contributed by atoms with Crippen LogP contribution in [0.4, 0.5) is 13.2 Å². The summed E-state index contributed by atoms with van der Waals surface area (Å²) in [4.78, 5) is 21.9. The molecule has 2 rings (SSSR count). The van der Waals surface area contributed by atoms with Crippen LogP contribution in [0.3, 0.4) is 0 Å². The minimum Gasteiger partial charge on any atom is -0.294 e. The Hall–Kier alpha value is -2.22. The average molecular weight is 343 g/mol. The number of nitro groups is 1. The van der Waals surface area contributed by atoms with E-state index >= 15 is 0 Å². The van der Waals surface area contributed by atoms with Crippen LogP contribution < -0.4 is 0 Å². The SMILES string of the molecule is O=C(C[C@@](C[N+](=O)[O-])(c1cccs1)C(F)(F)F)c1ccccc1. The highest BCUT2D eigenvalue weighted by atomic mass is 32.1. The molecule has 0 saturated carbocycles. The zero-order chi connectivity index (χ0) is 17.1. The first kappa shape index (κ1) is 17.1. The summed E-state index contributed by atoms with van der Waals surface area (Å²) in [7, 11) is 0. The lowest BCUT2D eigenvalue weighted by molar-refractivity contribution is -0.501. The van der Waals surface area contributed by atoms with E-state index in [1.165, 1.54) is 41.8 Å². The number of halogens is 3. The van der Waals surface area contributed by atoms with Gasteiger partial charge < -0.3 is 0 Å². The molecule has 1 aromatic carbocycles. The minimum atomic E-state index is -4.92. The number of hydrogen-bond acceptors (Lipinski definition) is 4. The number of carbonyl (C=O) groups is 1. The number of hydrogen-bond donors (Lipinski definition) is 0. The highest BCUT2D eigenvalue weighted by Gasteiger charge is 2.61. The van der Waals surface area contributed by atoms with E-state index in [-0.39, 0.29) is 10.4 Å². The second kappa shape index (κ2) is 6.49. The molecule has 0 fully saturated rings. The average Bonchev–Trinajstić information content (AvgIpc) is 3.00. The summed E-state index contributed by atoms with van der Waals surface area (Å²) in [5.74, 6) is -0.779. The number of thiophene rings is 1. The number of alkyl halides is 3. The van der Waals surface area contributed by atoms with Gasteiger partial charge >= 0.3 is 6.18 Å². The van der Waals surface area contributed by atoms with E-state index in [1.54, 1.807) is 6.07 Å². The van der Waals surface area contributed by atoms with Crippen LogP contribution in [0.2, 0.25) is 0 Å². The smallest absolute Gasteiger partial charge is 0.294 e. The predicted octanol–water partition coefficient (Wildman–Crippen LogP) is 4.10. The molecule has 0 N–H and O–H groups in total. The number of carbonyl (C=O) groups excluding carboxylic acids is 1. The second-order valence-corrected chi connectivity index (χ2v) is 5.96. The summed E-state index contributed by atoms with van der Waals surface area (Å²) in [5.41, 5.74) is -2.72. The summed E-state index contributed by atoms with van der Waals surface area (Å²) < 4.78 is 41.2. The third kappa shape index (κ3) is 3.58. The predicted molar refractivity (Wildman–Crippen MR) is 79.3 cm³/mol. The second-order valence-electron chi connectivity index (χ2n) is 5.01. The van der Waals surface area contributed by atoms with Gasteiger partial charge in [-0.3, -0.25) is 14.9 Å². The van der Waals surface area contributed by atoms with Crippen molar-refractivity contribution in [1.29, 1.82) is 0 Å². The van der Waals surface area contributed by atoms with Crippen LogP contribution in [0.15, 0.2) is 47.8 Å². The van der Waals surface area contributed by atoms with Crippen LogP contribution in [-0.2, 0) is 5.41 Å². The first-order chi connectivity index (χ1) is 10.8. The fraction of sp³-hybridized carbons (Fsp3) is 0.267. The molecular weight excluding hydrogens is 331 g/mol. The van der Waals surface area contributed by atoms with Crippen molar-refractivity contribution in [2.45, 2.75) is 18.0 Å². The molecule has 0 bridgehead atoms. The molecule has 0 spiro atoms. The fourth-order valence-corrected chi connectivity index (χ4v) is 3.26. The van der Waals surface area contributed by atoms with E-state index in [0.717, 1.165) is 11.3 Å². The number of rotatable bonds is 6. The van der Waals surface area contributed by atoms with Crippen LogP contribution in [0, 0.1) is 10.1 Å². The highest BCUT2D eigenvalue weighted by Crippen LogP contribution is 2.46. The van der Waals surface area contributed by atoms with Crippen LogP contribution >= 0.6 is 11.3 Å². The molecule has 0 amide bonds. The Morgan fingerprint density at radius 2 is 1.78 bits per heavy atom. The maximum atomic E-state index is 13.7. The Balaban J connectivity index is 2.48. The Labute approximate surface area is 133 Å². The van der Waals surface area contributed by atoms with Crippen molar-refractivity contribution < 1.29 is 22.9 Å². The Morgan fingerprint density at radius 3 is 2.26 bits per heavy atom. The number of benzene rings is 1. The number of Topliss-reactive ketones (excluding diaryl/α,β-unsaturated/α-hetero) is 1. The molecule has 0 saturated heterocycles. The maximum Gasteiger partial charge on any atom is 0.406 e. The van der Waals surface area contributed by atoms with Crippen molar-refractivity contribution in [3.05, 3.63) is 68.4 Å². The van der Waals surface area contributed by atoms with Crippen LogP contribution in [0.5, 0.6) is 0 Å². The summed E-state index contributed by atoms with van der Waals surface area (Å²) in [6, 6.07) is 10.0. The van der Waals surface area contributed by atoms with Crippen molar-refractivity contribution >= 4 is 17.1 Å². The van der Waals surface area contributed by atoms with Crippen LogP contribution in [0.1, 0.15) is 21.7 Å². The normalized spacial score (nSPS) is 14.2. The highest BCUT2D eigenvalue weighted by molar-refractivity contribution is 7.10. The Morgan fingerprint density at radius 1 is 1.13 bits per heavy atom. The quantitative estimate of drug-likeness (QED) is 0.451. The lowest BCUT2D eigenvalue weighted by Gasteiger charge is -2.30. The van der Waals surface area contributed by atoms with Gasteiger partial charge in [0.2, 0.25) is 6.54 Å². The Bertz CT molecular complexity index is 686. The van der Waals surface area contributed by atoms with Crippen LogP contribution in [0.25, 0.3) is 0 Å². The van der Waals surface area contributed by atoms with Gasteiger partial charge in [0.25, 0.3) is 0 Å². The summed E-state index contributed by atoms with van der Waals surface area (Å²) >= 11 is 0.759. The molecule has 4 nitrogen and oxygen atoms in total. The lowest BCUT2D eigenvalue weighted by Crippen LogP contribution is -2.48. The van der Waals surface area contributed by atoms with Gasteiger partial charge in [-0.15, -0.1) is 11.3 Å². The van der Waals surface area contributed by atoms with Gasteiger partial charge in [-0.05, 0) is 11.4 Å². The van der Waals surface area contributed by atoms with Gasteiger partial charge in [0.1, 0.15) is 0 Å². The molecule has 1 heterocycles. The van der Waals surface area contributed by atoms with Gasteiger partial charge in [-0.25, -0.2) is 0 Å². The molecule has 0 aliphatic rings. The van der Waals surface area contributed by atoms with Crippen molar-refractivity contribution in [2.75, 3.05) is 6.54 Å². The van der Waals surface area contributed by atoms with E-state index in [4.69, 9.17) is 0 Å². The van der Waals surface area contributed by atoms with E-state index in [9.17, 15) is 28.1 Å². The van der Waals surface area contributed by atoms with E-state index in [0.29, 0.717) is 0 Å². The molecule has 8 heteroatoms. The topological polar surface area (TPSA) is 60.2 Å². The van der Waals surface area contributed by atoms with Crippen LogP contribution in [-0.4, -0.2) is 23.4 Å². The Kier molecular flexibility index (Phi) is 4.84. The van der Waals surface area contributed by atoms with Crippen molar-refractivity contribution in [1.82, 2.24) is 0 Å². The molecule has 0 aliphatic carbocycles. The van der Waals surface area contributed by atoms with Crippen molar-refractivity contribution in [3.63, 3.8) is 0 Å².